The van der Waals surface area contributed by atoms with E-state index >= 15 is 0 Å². The van der Waals surface area contributed by atoms with Crippen molar-refractivity contribution in [2.45, 2.75) is 18.9 Å². The average Bonchev–Trinajstić information content (AvgIpc) is 3.40. The van der Waals surface area contributed by atoms with Crippen LogP contribution in [0.3, 0.4) is 0 Å². The van der Waals surface area contributed by atoms with Crippen molar-refractivity contribution in [1.29, 1.82) is 0 Å². The van der Waals surface area contributed by atoms with Crippen LogP contribution in [0.15, 0.2) is 59.5 Å². The van der Waals surface area contributed by atoms with Crippen molar-refractivity contribution in [2.24, 2.45) is 0 Å². The summed E-state index contributed by atoms with van der Waals surface area (Å²) in [5.74, 6) is 0.479. The number of hydrogen-bond acceptors (Lipinski definition) is 5. The van der Waals surface area contributed by atoms with Crippen molar-refractivity contribution >= 4 is 17.0 Å². The van der Waals surface area contributed by atoms with Gasteiger partial charge >= 0.3 is 0 Å². The lowest BCUT2D eigenvalue weighted by Crippen LogP contribution is -2.35. The lowest BCUT2D eigenvalue weighted by atomic mass is 9.93. The van der Waals surface area contributed by atoms with Crippen molar-refractivity contribution in [3.8, 4) is 5.69 Å². The Labute approximate surface area is 185 Å². The number of nitrogens with one attached hydrogen (secondary N) is 1. The number of likely N-dealkylation sites (N-methyl/N-ethyl adjacent to an activating group) is 1. The van der Waals surface area contributed by atoms with Crippen molar-refractivity contribution in [3.63, 3.8) is 0 Å². The van der Waals surface area contributed by atoms with Crippen molar-refractivity contribution in [1.82, 2.24) is 24.6 Å². The van der Waals surface area contributed by atoms with Gasteiger partial charge < -0.3 is 9.80 Å². The van der Waals surface area contributed by atoms with Gasteiger partial charge in [0.05, 0.1) is 11.9 Å². The van der Waals surface area contributed by atoms with Crippen LogP contribution in [0.25, 0.3) is 16.7 Å². The molecule has 1 aliphatic rings. The Hall–Kier alpha value is -3.52. The first-order chi connectivity index (χ1) is 15.4. The molecular weight excluding hydrogens is 407 g/mol. The second-order valence-corrected chi connectivity index (χ2v) is 8.61. The number of anilines is 1. The Morgan fingerprint density at radius 2 is 1.78 bits per heavy atom. The van der Waals surface area contributed by atoms with E-state index in [-0.39, 0.29) is 23.3 Å². The predicted molar refractivity (Wildman–Crippen MR) is 123 cm³/mol. The number of benzene rings is 2. The van der Waals surface area contributed by atoms with Crippen LogP contribution in [0.1, 0.15) is 17.0 Å². The van der Waals surface area contributed by atoms with Crippen LogP contribution < -0.4 is 10.5 Å². The van der Waals surface area contributed by atoms with Crippen LogP contribution in [-0.4, -0.2) is 57.9 Å². The predicted octanol–water partition coefficient (Wildman–Crippen LogP) is 3.09. The summed E-state index contributed by atoms with van der Waals surface area (Å²) in [5.41, 5.74) is 3.37. The van der Waals surface area contributed by atoms with E-state index in [1.807, 2.05) is 0 Å². The summed E-state index contributed by atoms with van der Waals surface area (Å²) in [4.78, 5) is 24.9. The Morgan fingerprint density at radius 1 is 1.06 bits per heavy atom. The molecule has 0 bridgehead atoms. The van der Waals surface area contributed by atoms with Crippen LogP contribution >= 0.6 is 0 Å². The zero-order valence-electron chi connectivity index (χ0n) is 18.3. The molecule has 2 aromatic carbocycles. The van der Waals surface area contributed by atoms with E-state index in [0.717, 1.165) is 13.1 Å². The molecule has 1 aliphatic heterocycles. The van der Waals surface area contributed by atoms with Gasteiger partial charge in [0, 0.05) is 25.0 Å². The number of aromatic amines is 1. The molecule has 0 aliphatic carbocycles. The molecule has 0 saturated carbocycles. The van der Waals surface area contributed by atoms with Crippen LogP contribution in [0.5, 0.6) is 0 Å². The number of H-pyrrole nitrogens is 1. The van der Waals surface area contributed by atoms with E-state index < -0.39 is 0 Å². The largest absolute Gasteiger partial charge is 0.340 e. The number of halogens is 1. The molecule has 5 rings (SSSR count). The highest BCUT2D eigenvalue weighted by Gasteiger charge is 2.36. The lowest BCUT2D eigenvalue weighted by molar-refractivity contribution is 0.292. The second-order valence-electron chi connectivity index (χ2n) is 8.61. The lowest BCUT2D eigenvalue weighted by Gasteiger charge is -2.25. The second kappa shape index (κ2) is 7.87. The number of aryl methyl sites for hydroxylation is 1. The molecule has 4 aromatic rings. The minimum absolute atomic E-state index is 0.237. The third kappa shape index (κ3) is 3.56. The topological polar surface area (TPSA) is 70.0 Å². The Kier molecular flexibility index (Phi) is 5.01. The summed E-state index contributed by atoms with van der Waals surface area (Å²) in [6, 6.07) is 14.9. The third-order valence-corrected chi connectivity index (χ3v) is 6.25. The third-order valence-electron chi connectivity index (χ3n) is 6.25. The number of rotatable bonds is 4. The Balaban J connectivity index is 1.54. The summed E-state index contributed by atoms with van der Waals surface area (Å²) in [5, 5.41) is 4.72. The van der Waals surface area contributed by atoms with Crippen LogP contribution in [0, 0.1) is 12.7 Å². The SMILES string of the molecule is Cc1ccc([C@@H]2CN(c3nc4c(cnn4-c4ccc(F)cc4)c(=O)[nH]3)C[C@H]2N(C)C)cc1. The first-order valence-corrected chi connectivity index (χ1v) is 10.6. The fourth-order valence-electron chi connectivity index (χ4n) is 4.45. The van der Waals surface area contributed by atoms with E-state index in [9.17, 15) is 9.18 Å². The fourth-order valence-corrected chi connectivity index (χ4v) is 4.45. The van der Waals surface area contributed by atoms with Gasteiger partial charge in [0.2, 0.25) is 5.95 Å². The quantitative estimate of drug-likeness (QED) is 0.537. The fraction of sp³-hybridized carbons (Fsp3) is 0.292. The summed E-state index contributed by atoms with van der Waals surface area (Å²) in [6.07, 6.45) is 1.50. The van der Waals surface area contributed by atoms with Gasteiger partial charge in [-0.25, -0.2) is 9.07 Å². The maximum atomic E-state index is 13.4. The van der Waals surface area contributed by atoms with E-state index in [1.165, 1.54) is 29.5 Å². The molecule has 8 heteroatoms. The van der Waals surface area contributed by atoms with Crippen LogP contribution in [0.2, 0.25) is 0 Å². The van der Waals surface area contributed by atoms with Crippen molar-refractivity contribution in [2.75, 3.05) is 32.1 Å². The minimum atomic E-state index is -0.328. The van der Waals surface area contributed by atoms with E-state index in [2.05, 4.69) is 65.2 Å². The number of hydrogen-bond donors (Lipinski definition) is 1. The van der Waals surface area contributed by atoms with Gasteiger partial charge in [-0.15, -0.1) is 0 Å². The average molecular weight is 433 g/mol. The molecule has 3 heterocycles. The molecule has 0 radical (unpaired) electrons. The molecular formula is C24H25FN6O. The van der Waals surface area contributed by atoms with E-state index in [4.69, 9.17) is 4.98 Å². The maximum Gasteiger partial charge on any atom is 0.263 e. The standard InChI is InChI=1S/C24H25FN6O/c1-15-4-6-16(7-5-15)20-13-30(14-21(20)29(2)3)24-27-22-19(23(32)28-24)12-26-31(22)18-10-8-17(25)9-11-18/h4-12,20-21H,13-14H2,1-3H3,(H,27,28,32)/t20-,21+/m0/s1. The van der Waals surface area contributed by atoms with Gasteiger partial charge in [-0.05, 0) is 50.8 Å². The Bertz CT molecular complexity index is 1310. The van der Waals surface area contributed by atoms with E-state index in [1.54, 1.807) is 16.8 Å². The normalized spacial score (nSPS) is 18.7. The number of fused-ring (bicyclic) bond motifs is 1. The molecule has 1 fully saturated rings. The summed E-state index contributed by atoms with van der Waals surface area (Å²) >= 11 is 0. The monoisotopic (exact) mass is 432 g/mol. The highest BCUT2D eigenvalue weighted by atomic mass is 19.1. The number of nitrogens with zero attached hydrogens (tertiary/aromatic N) is 5. The van der Waals surface area contributed by atoms with Gasteiger partial charge in [0.1, 0.15) is 11.2 Å². The van der Waals surface area contributed by atoms with Gasteiger partial charge in [-0.2, -0.15) is 10.1 Å². The zero-order chi connectivity index (χ0) is 22.4. The molecule has 0 amide bonds. The van der Waals surface area contributed by atoms with Gasteiger partial charge in [0.15, 0.2) is 5.65 Å². The minimum Gasteiger partial charge on any atom is -0.340 e. The highest BCUT2D eigenvalue weighted by Crippen LogP contribution is 2.32. The number of aromatic nitrogens is 4. The smallest absolute Gasteiger partial charge is 0.263 e. The first kappa shape index (κ1) is 20.4. The molecule has 1 N–H and O–H groups in total. The van der Waals surface area contributed by atoms with Crippen LogP contribution in [-0.2, 0) is 0 Å². The van der Waals surface area contributed by atoms with Crippen molar-refractivity contribution in [3.05, 3.63) is 82.0 Å². The van der Waals surface area contributed by atoms with E-state index in [0.29, 0.717) is 22.7 Å². The molecule has 7 nitrogen and oxygen atoms in total. The molecule has 164 valence electrons. The van der Waals surface area contributed by atoms with Gasteiger partial charge in [0.25, 0.3) is 5.56 Å². The molecule has 2 atom stereocenters. The summed E-state index contributed by atoms with van der Waals surface area (Å²) < 4.78 is 14.9. The Morgan fingerprint density at radius 3 is 2.47 bits per heavy atom. The summed E-state index contributed by atoms with van der Waals surface area (Å²) in [7, 11) is 4.16. The van der Waals surface area contributed by atoms with Crippen molar-refractivity contribution < 1.29 is 4.39 Å². The molecule has 0 spiro atoms. The zero-order valence-corrected chi connectivity index (χ0v) is 18.3. The summed E-state index contributed by atoms with van der Waals surface area (Å²) in [6.45, 7) is 3.57. The van der Waals surface area contributed by atoms with Gasteiger partial charge in [-0.3, -0.25) is 9.78 Å². The first-order valence-electron chi connectivity index (χ1n) is 10.6. The molecule has 32 heavy (non-hydrogen) atoms. The van der Waals surface area contributed by atoms with Gasteiger partial charge in [-0.1, -0.05) is 29.8 Å². The molecule has 0 unspecified atom stereocenters. The maximum absolute atomic E-state index is 13.4. The van der Waals surface area contributed by atoms with Crippen LogP contribution in [0.4, 0.5) is 10.3 Å². The molecule has 1 saturated heterocycles. The highest BCUT2D eigenvalue weighted by molar-refractivity contribution is 5.76. The molecule has 2 aromatic heterocycles.